The Kier molecular flexibility index (Phi) is 4.59. The summed E-state index contributed by atoms with van der Waals surface area (Å²) in [6.07, 6.45) is 2.03. The number of amides is 1. The predicted molar refractivity (Wildman–Crippen MR) is 75.7 cm³/mol. The summed E-state index contributed by atoms with van der Waals surface area (Å²) in [5.74, 6) is 0.779. The molecular formula is C16H23NO2. The van der Waals surface area contributed by atoms with Crippen LogP contribution in [-0.2, 0) is 4.79 Å². The van der Waals surface area contributed by atoms with Gasteiger partial charge in [-0.25, -0.2) is 0 Å². The molecule has 1 aliphatic rings. The van der Waals surface area contributed by atoms with Crippen LogP contribution < -0.4 is 0 Å². The number of aliphatic hydroxyl groups is 1. The Bertz CT molecular complexity index is 444. The summed E-state index contributed by atoms with van der Waals surface area (Å²) in [6.45, 7) is 5.36. The molecule has 1 aliphatic heterocycles. The van der Waals surface area contributed by atoms with Gasteiger partial charge in [-0.1, -0.05) is 31.2 Å². The number of hydrogen-bond acceptors (Lipinski definition) is 2. The molecule has 2 unspecified atom stereocenters. The molecule has 1 aromatic carbocycles. The second kappa shape index (κ2) is 6.20. The summed E-state index contributed by atoms with van der Waals surface area (Å²) in [7, 11) is 0. The molecule has 0 saturated carbocycles. The monoisotopic (exact) mass is 261 g/mol. The third-order valence-corrected chi connectivity index (χ3v) is 4.04. The van der Waals surface area contributed by atoms with Gasteiger partial charge in [0.25, 0.3) is 0 Å². The summed E-state index contributed by atoms with van der Waals surface area (Å²) in [5.41, 5.74) is 2.00. The van der Waals surface area contributed by atoms with E-state index in [-0.39, 0.29) is 5.91 Å². The van der Waals surface area contributed by atoms with Crippen molar-refractivity contribution in [3.63, 3.8) is 0 Å². The first-order valence-electron chi connectivity index (χ1n) is 7.09. The number of carbonyl (C=O) groups is 1. The van der Waals surface area contributed by atoms with Crippen molar-refractivity contribution in [1.82, 2.24) is 4.90 Å². The van der Waals surface area contributed by atoms with Crippen molar-refractivity contribution in [1.29, 1.82) is 0 Å². The molecule has 1 amide bonds. The van der Waals surface area contributed by atoms with Gasteiger partial charge in [-0.2, -0.15) is 0 Å². The molecule has 3 heteroatoms. The molecule has 1 aromatic rings. The van der Waals surface area contributed by atoms with E-state index in [0.29, 0.717) is 18.9 Å². The largest absolute Gasteiger partial charge is 0.387 e. The molecule has 19 heavy (non-hydrogen) atoms. The highest BCUT2D eigenvalue weighted by Crippen LogP contribution is 2.22. The summed E-state index contributed by atoms with van der Waals surface area (Å²) in [6, 6.07) is 7.82. The molecule has 104 valence electrons. The van der Waals surface area contributed by atoms with Gasteiger partial charge in [0.2, 0.25) is 5.91 Å². The Morgan fingerprint density at radius 3 is 2.84 bits per heavy atom. The quantitative estimate of drug-likeness (QED) is 0.908. The fraction of sp³-hybridized carbons (Fsp3) is 0.562. The Morgan fingerprint density at radius 2 is 2.11 bits per heavy atom. The smallest absolute Gasteiger partial charge is 0.222 e. The van der Waals surface area contributed by atoms with Crippen LogP contribution in [0, 0.1) is 12.8 Å². The van der Waals surface area contributed by atoms with Crippen LogP contribution in [0.3, 0.4) is 0 Å². The molecule has 0 aliphatic carbocycles. The molecule has 1 fully saturated rings. The van der Waals surface area contributed by atoms with Crippen molar-refractivity contribution < 1.29 is 9.90 Å². The second-order valence-electron chi connectivity index (χ2n) is 5.64. The van der Waals surface area contributed by atoms with Crippen molar-refractivity contribution >= 4 is 5.91 Å². The number of aliphatic hydroxyl groups excluding tert-OH is 1. The topological polar surface area (TPSA) is 40.5 Å². The van der Waals surface area contributed by atoms with Crippen molar-refractivity contribution in [2.75, 3.05) is 13.1 Å². The maximum atomic E-state index is 12.0. The van der Waals surface area contributed by atoms with E-state index in [0.717, 1.165) is 30.5 Å². The summed E-state index contributed by atoms with van der Waals surface area (Å²) >= 11 is 0. The molecule has 1 heterocycles. The van der Waals surface area contributed by atoms with Gasteiger partial charge >= 0.3 is 0 Å². The van der Waals surface area contributed by atoms with Crippen molar-refractivity contribution in [2.24, 2.45) is 5.92 Å². The van der Waals surface area contributed by atoms with Crippen molar-refractivity contribution in [3.8, 4) is 0 Å². The fourth-order valence-electron chi connectivity index (χ4n) is 2.63. The lowest BCUT2D eigenvalue weighted by molar-refractivity contribution is -0.132. The molecule has 2 atom stereocenters. The molecule has 0 bridgehead atoms. The van der Waals surface area contributed by atoms with Crippen molar-refractivity contribution in [3.05, 3.63) is 35.4 Å². The zero-order valence-corrected chi connectivity index (χ0v) is 11.8. The lowest BCUT2D eigenvalue weighted by atomic mass is 10.0. The predicted octanol–water partition coefficient (Wildman–Crippen LogP) is 2.68. The molecule has 0 spiro atoms. The third kappa shape index (κ3) is 3.57. The van der Waals surface area contributed by atoms with Gasteiger partial charge in [0.15, 0.2) is 0 Å². The molecule has 0 aromatic heterocycles. The fourth-order valence-corrected chi connectivity index (χ4v) is 2.63. The van der Waals surface area contributed by atoms with Crippen molar-refractivity contribution in [2.45, 2.75) is 39.2 Å². The SMILES string of the molecule is Cc1ccccc1C(O)CN1CCC(C)CCC1=O. The van der Waals surface area contributed by atoms with Crippen LogP contribution in [0.1, 0.15) is 43.4 Å². The van der Waals surface area contributed by atoms with Crippen LogP contribution in [0.5, 0.6) is 0 Å². The number of aryl methyl sites for hydroxylation is 1. The lowest BCUT2D eigenvalue weighted by Gasteiger charge is -2.24. The van der Waals surface area contributed by atoms with Gasteiger partial charge in [-0.15, -0.1) is 0 Å². The Hall–Kier alpha value is -1.35. The van der Waals surface area contributed by atoms with E-state index in [1.807, 2.05) is 36.1 Å². The average molecular weight is 261 g/mol. The highest BCUT2D eigenvalue weighted by Gasteiger charge is 2.23. The number of benzene rings is 1. The number of likely N-dealkylation sites (tertiary alicyclic amines) is 1. The minimum absolute atomic E-state index is 0.178. The Morgan fingerprint density at radius 1 is 1.37 bits per heavy atom. The minimum Gasteiger partial charge on any atom is -0.387 e. The highest BCUT2D eigenvalue weighted by atomic mass is 16.3. The lowest BCUT2D eigenvalue weighted by Crippen LogP contribution is -2.34. The first kappa shape index (κ1) is 14.1. The van der Waals surface area contributed by atoms with Crippen LogP contribution in [0.15, 0.2) is 24.3 Å². The Balaban J connectivity index is 2.03. The first-order valence-corrected chi connectivity index (χ1v) is 7.09. The normalized spacial score (nSPS) is 22.2. The van der Waals surface area contributed by atoms with Gasteiger partial charge in [-0.3, -0.25) is 4.79 Å². The van der Waals surface area contributed by atoms with E-state index in [9.17, 15) is 9.90 Å². The second-order valence-corrected chi connectivity index (χ2v) is 5.64. The number of rotatable bonds is 3. The Labute approximate surface area is 115 Å². The molecule has 1 N–H and O–H groups in total. The van der Waals surface area contributed by atoms with Crippen LogP contribution in [0.25, 0.3) is 0 Å². The number of nitrogens with zero attached hydrogens (tertiary/aromatic N) is 1. The molecule has 0 radical (unpaired) electrons. The van der Waals surface area contributed by atoms with Crippen LogP contribution in [0.2, 0.25) is 0 Å². The van der Waals surface area contributed by atoms with E-state index in [1.165, 1.54) is 0 Å². The summed E-state index contributed by atoms with van der Waals surface area (Å²) in [5, 5.41) is 10.3. The third-order valence-electron chi connectivity index (χ3n) is 4.04. The summed E-state index contributed by atoms with van der Waals surface area (Å²) < 4.78 is 0. The molecule has 2 rings (SSSR count). The van der Waals surface area contributed by atoms with Crippen LogP contribution >= 0.6 is 0 Å². The zero-order valence-electron chi connectivity index (χ0n) is 11.8. The maximum Gasteiger partial charge on any atom is 0.222 e. The minimum atomic E-state index is -0.585. The van der Waals surface area contributed by atoms with Crippen LogP contribution in [0.4, 0.5) is 0 Å². The molecular weight excluding hydrogens is 238 g/mol. The maximum absolute atomic E-state index is 12.0. The van der Waals surface area contributed by atoms with E-state index in [4.69, 9.17) is 0 Å². The van der Waals surface area contributed by atoms with E-state index in [2.05, 4.69) is 6.92 Å². The number of β-amino-alcohol motifs (C(OH)–C–C–N with tert-alkyl or cyclic N) is 1. The van der Waals surface area contributed by atoms with Gasteiger partial charge in [0, 0.05) is 13.0 Å². The van der Waals surface area contributed by atoms with E-state index >= 15 is 0 Å². The average Bonchev–Trinajstić information content (AvgIpc) is 2.54. The first-order chi connectivity index (χ1) is 9.08. The zero-order chi connectivity index (χ0) is 13.8. The van der Waals surface area contributed by atoms with Gasteiger partial charge < -0.3 is 10.0 Å². The van der Waals surface area contributed by atoms with Crippen LogP contribution in [-0.4, -0.2) is 29.0 Å². The van der Waals surface area contributed by atoms with Gasteiger partial charge in [0.05, 0.1) is 12.6 Å². The summed E-state index contributed by atoms with van der Waals surface area (Å²) in [4.78, 5) is 13.8. The number of hydrogen-bond donors (Lipinski definition) is 1. The molecule has 1 saturated heterocycles. The molecule has 3 nitrogen and oxygen atoms in total. The number of carbonyl (C=O) groups excluding carboxylic acids is 1. The van der Waals surface area contributed by atoms with E-state index < -0.39 is 6.10 Å². The van der Waals surface area contributed by atoms with Gasteiger partial charge in [0.1, 0.15) is 0 Å². The van der Waals surface area contributed by atoms with Gasteiger partial charge in [-0.05, 0) is 36.8 Å². The van der Waals surface area contributed by atoms with E-state index in [1.54, 1.807) is 0 Å². The highest BCUT2D eigenvalue weighted by molar-refractivity contribution is 5.76. The standard InChI is InChI=1S/C16H23NO2/c1-12-7-8-16(19)17(10-9-12)11-15(18)14-6-4-3-5-13(14)2/h3-6,12,15,18H,7-11H2,1-2H3.